The average Bonchev–Trinajstić information content (AvgIpc) is 3.72. The van der Waals surface area contributed by atoms with E-state index in [1.807, 2.05) is 35.2 Å². The van der Waals surface area contributed by atoms with Crippen molar-refractivity contribution in [3.05, 3.63) is 59.7 Å². The lowest BCUT2D eigenvalue weighted by Crippen LogP contribution is -2.50. The highest BCUT2D eigenvalue weighted by molar-refractivity contribution is 5.98. The fourth-order valence-electron chi connectivity index (χ4n) is 4.97. The second-order valence-electron chi connectivity index (χ2n) is 11.2. The number of morpholine rings is 1. The number of phenols is 2. The molecule has 0 aromatic heterocycles. The van der Waals surface area contributed by atoms with E-state index in [0.717, 1.165) is 11.6 Å². The molecular weight excluding hydrogens is 542 g/mol. The molecular formula is C31H39N3O8. The first-order valence-corrected chi connectivity index (χ1v) is 14.2. The summed E-state index contributed by atoms with van der Waals surface area (Å²) in [7, 11) is 0. The molecule has 4 N–H and O–H groups in total. The minimum Gasteiger partial charge on any atom is -0.508 e. The van der Waals surface area contributed by atoms with Crippen LogP contribution in [0.5, 0.6) is 11.5 Å². The number of epoxide rings is 1. The van der Waals surface area contributed by atoms with E-state index in [9.17, 15) is 29.4 Å². The summed E-state index contributed by atoms with van der Waals surface area (Å²) in [5.74, 6) is -2.81. The number of Topliss-reactive ketones (excluding diaryl/α,β-unsaturated/α-hetero) is 2. The zero-order valence-electron chi connectivity index (χ0n) is 24.0. The van der Waals surface area contributed by atoms with Gasteiger partial charge in [0.05, 0.1) is 38.4 Å². The van der Waals surface area contributed by atoms with Gasteiger partial charge in [-0.2, -0.15) is 0 Å². The first kappa shape index (κ1) is 31.1. The summed E-state index contributed by atoms with van der Waals surface area (Å²) < 4.78 is 10.7. The Hall–Kier alpha value is -3.80. The van der Waals surface area contributed by atoms with Gasteiger partial charge in [0.2, 0.25) is 11.8 Å². The van der Waals surface area contributed by atoms with Gasteiger partial charge >= 0.3 is 0 Å². The first-order valence-electron chi connectivity index (χ1n) is 14.2. The fraction of sp³-hybridized carbons (Fsp3) is 0.484. The lowest BCUT2D eigenvalue weighted by Gasteiger charge is -2.27. The number of benzene rings is 2. The molecule has 4 unspecified atom stereocenters. The normalized spacial score (nSPS) is 20.6. The number of nitrogens with zero attached hydrogens (tertiary/aromatic N) is 1. The molecule has 226 valence electrons. The highest BCUT2D eigenvalue weighted by Gasteiger charge is 2.50. The second kappa shape index (κ2) is 13.9. The van der Waals surface area contributed by atoms with E-state index in [1.54, 1.807) is 13.8 Å². The number of nitrogens with one attached hydrogen (secondary N) is 2. The van der Waals surface area contributed by atoms with Crippen molar-refractivity contribution in [2.75, 3.05) is 39.5 Å². The van der Waals surface area contributed by atoms with Crippen molar-refractivity contribution in [3.8, 4) is 11.5 Å². The number of amides is 2. The number of aromatic hydroxyl groups is 2. The molecule has 0 spiro atoms. The van der Waals surface area contributed by atoms with E-state index in [-0.39, 0.29) is 61.4 Å². The molecule has 2 fully saturated rings. The average molecular weight is 582 g/mol. The van der Waals surface area contributed by atoms with Gasteiger partial charge < -0.3 is 30.3 Å². The minimum atomic E-state index is -0.980. The zero-order valence-corrected chi connectivity index (χ0v) is 24.0. The number of ether oxygens (including phenoxy) is 2. The van der Waals surface area contributed by atoms with E-state index >= 15 is 0 Å². The standard InChI is InChI=1S/C31H39N3O8/c1-20(32-28(38)18-34-10-12-41-13-11-34)26(36)16-23(15-22-8-9-24(35)17-27(22)37)30(40)33-25(29(39)31(2)19-42-31)14-21-6-4-3-5-7-21/h3-9,17,20,23,25,35,37H,10-16,18-19H2,1-2H3,(H,32,38)(H,33,40). The predicted molar refractivity (Wildman–Crippen MR) is 153 cm³/mol. The van der Waals surface area contributed by atoms with Gasteiger partial charge in [-0.25, -0.2) is 0 Å². The molecule has 2 aliphatic rings. The molecule has 4 atom stereocenters. The summed E-state index contributed by atoms with van der Waals surface area (Å²) in [6.45, 7) is 5.98. The van der Waals surface area contributed by atoms with Crippen LogP contribution < -0.4 is 10.6 Å². The Morgan fingerprint density at radius 1 is 1.00 bits per heavy atom. The Bertz CT molecular complexity index is 1270. The number of carbonyl (C=O) groups is 4. The molecule has 42 heavy (non-hydrogen) atoms. The topological polar surface area (TPSA) is 158 Å². The van der Waals surface area contributed by atoms with Gasteiger partial charge in [-0.1, -0.05) is 36.4 Å². The molecule has 2 aliphatic heterocycles. The number of phenolic OH excluding ortho intramolecular Hbond substituents is 2. The fourth-order valence-corrected chi connectivity index (χ4v) is 4.97. The van der Waals surface area contributed by atoms with Gasteiger partial charge in [0.25, 0.3) is 0 Å². The Balaban J connectivity index is 1.48. The van der Waals surface area contributed by atoms with Crippen LogP contribution in [0.25, 0.3) is 0 Å². The highest BCUT2D eigenvalue weighted by Crippen LogP contribution is 2.30. The molecule has 4 rings (SSSR count). The van der Waals surface area contributed by atoms with Gasteiger partial charge in [0.15, 0.2) is 11.6 Å². The first-order chi connectivity index (χ1) is 20.0. The number of hydrogen-bond donors (Lipinski definition) is 4. The summed E-state index contributed by atoms with van der Waals surface area (Å²) in [6, 6.07) is 11.5. The third kappa shape index (κ3) is 8.60. The summed E-state index contributed by atoms with van der Waals surface area (Å²) in [5.41, 5.74) is 0.223. The number of rotatable bonds is 14. The van der Waals surface area contributed by atoms with Gasteiger partial charge in [0, 0.05) is 31.5 Å². The van der Waals surface area contributed by atoms with Crippen molar-refractivity contribution in [1.82, 2.24) is 15.5 Å². The second-order valence-corrected chi connectivity index (χ2v) is 11.2. The molecule has 0 bridgehead atoms. The number of ketones is 2. The Morgan fingerprint density at radius 2 is 1.69 bits per heavy atom. The van der Waals surface area contributed by atoms with Crippen LogP contribution in [0.15, 0.2) is 48.5 Å². The molecule has 2 heterocycles. The van der Waals surface area contributed by atoms with Crippen molar-refractivity contribution in [1.29, 1.82) is 0 Å². The van der Waals surface area contributed by atoms with Crippen molar-refractivity contribution < 1.29 is 38.9 Å². The lowest BCUT2D eigenvalue weighted by atomic mass is 9.89. The maximum Gasteiger partial charge on any atom is 0.234 e. The molecule has 11 heteroatoms. The molecule has 2 aromatic carbocycles. The smallest absolute Gasteiger partial charge is 0.234 e. The van der Waals surface area contributed by atoms with Crippen molar-refractivity contribution in [2.24, 2.45) is 5.92 Å². The Labute approximate surface area is 245 Å². The van der Waals surface area contributed by atoms with E-state index in [2.05, 4.69) is 10.6 Å². The molecule has 11 nitrogen and oxygen atoms in total. The minimum absolute atomic E-state index is 0.0296. The Kier molecular flexibility index (Phi) is 10.3. The molecule has 2 amide bonds. The van der Waals surface area contributed by atoms with E-state index in [4.69, 9.17) is 9.47 Å². The molecule has 0 aliphatic carbocycles. The number of carbonyl (C=O) groups excluding carboxylic acids is 4. The number of hydrogen-bond acceptors (Lipinski definition) is 9. The zero-order chi connectivity index (χ0) is 30.3. The van der Waals surface area contributed by atoms with Crippen LogP contribution in [0.1, 0.15) is 31.4 Å². The van der Waals surface area contributed by atoms with Crippen LogP contribution in [-0.4, -0.2) is 95.6 Å². The summed E-state index contributed by atoms with van der Waals surface area (Å²) in [4.78, 5) is 54.8. The third-order valence-corrected chi connectivity index (χ3v) is 7.70. The monoisotopic (exact) mass is 581 g/mol. The van der Waals surface area contributed by atoms with E-state index in [0.29, 0.717) is 31.9 Å². The van der Waals surface area contributed by atoms with E-state index < -0.39 is 29.5 Å². The maximum atomic E-state index is 13.7. The van der Waals surface area contributed by atoms with Gasteiger partial charge in [-0.15, -0.1) is 0 Å². The van der Waals surface area contributed by atoms with Crippen molar-refractivity contribution >= 4 is 23.4 Å². The van der Waals surface area contributed by atoms with Crippen LogP contribution in [0, 0.1) is 5.92 Å². The quantitative estimate of drug-likeness (QED) is 0.240. The van der Waals surface area contributed by atoms with Crippen LogP contribution in [0.4, 0.5) is 0 Å². The maximum absolute atomic E-state index is 13.7. The van der Waals surface area contributed by atoms with Gasteiger partial charge in [0.1, 0.15) is 17.1 Å². The van der Waals surface area contributed by atoms with Gasteiger partial charge in [-0.05, 0) is 43.9 Å². The van der Waals surface area contributed by atoms with Crippen LogP contribution in [0.2, 0.25) is 0 Å². The van der Waals surface area contributed by atoms with E-state index in [1.165, 1.54) is 12.1 Å². The van der Waals surface area contributed by atoms with Crippen LogP contribution >= 0.6 is 0 Å². The van der Waals surface area contributed by atoms with Crippen LogP contribution in [-0.2, 0) is 41.5 Å². The predicted octanol–water partition coefficient (Wildman–Crippen LogP) is 1.14. The molecule has 0 saturated carbocycles. The summed E-state index contributed by atoms with van der Waals surface area (Å²) in [5, 5.41) is 25.7. The summed E-state index contributed by atoms with van der Waals surface area (Å²) in [6.07, 6.45) is -0.0349. The Morgan fingerprint density at radius 3 is 2.33 bits per heavy atom. The molecule has 2 aromatic rings. The largest absolute Gasteiger partial charge is 0.508 e. The molecule has 2 saturated heterocycles. The van der Waals surface area contributed by atoms with Gasteiger partial charge in [-0.3, -0.25) is 24.1 Å². The van der Waals surface area contributed by atoms with Crippen LogP contribution in [0.3, 0.4) is 0 Å². The summed E-state index contributed by atoms with van der Waals surface area (Å²) >= 11 is 0. The van der Waals surface area contributed by atoms with Crippen molar-refractivity contribution in [3.63, 3.8) is 0 Å². The SMILES string of the molecule is CC(NC(=O)CN1CCOCC1)C(=O)CC(Cc1ccc(O)cc1O)C(=O)NC(Cc1ccccc1)C(=O)C1(C)CO1. The lowest BCUT2D eigenvalue weighted by molar-refractivity contribution is -0.134. The molecule has 0 radical (unpaired) electrons. The van der Waals surface area contributed by atoms with Crippen molar-refractivity contribution in [2.45, 2.75) is 50.8 Å². The highest BCUT2D eigenvalue weighted by atomic mass is 16.6. The third-order valence-electron chi connectivity index (χ3n) is 7.70.